The highest BCUT2D eigenvalue weighted by Crippen LogP contribution is 2.41. The molecule has 1 aliphatic heterocycles. The summed E-state index contributed by atoms with van der Waals surface area (Å²) in [5.41, 5.74) is 3.93. The van der Waals surface area contributed by atoms with E-state index in [4.69, 9.17) is 17.3 Å². The molecule has 0 bridgehead atoms. The van der Waals surface area contributed by atoms with E-state index < -0.39 is 35.2 Å². The van der Waals surface area contributed by atoms with Gasteiger partial charge in [0.1, 0.15) is 11.4 Å². The summed E-state index contributed by atoms with van der Waals surface area (Å²) in [6, 6.07) is 1.99. The lowest BCUT2D eigenvalue weighted by Gasteiger charge is -2.43. The highest BCUT2D eigenvalue weighted by molar-refractivity contribution is 6.38. The molecule has 36 heavy (non-hydrogen) atoms. The summed E-state index contributed by atoms with van der Waals surface area (Å²) in [6.45, 7) is 3.21. The predicted octanol–water partition coefficient (Wildman–Crippen LogP) is 2.16. The lowest BCUT2D eigenvalue weighted by Crippen LogP contribution is -2.60. The number of carboxylic acids is 1. The number of anilines is 2. The van der Waals surface area contributed by atoms with E-state index in [0.29, 0.717) is 13.1 Å². The Balaban J connectivity index is 2.02. The second-order valence-electron chi connectivity index (χ2n) is 8.88. The van der Waals surface area contributed by atoms with Crippen molar-refractivity contribution < 1.29 is 28.9 Å². The lowest BCUT2D eigenvalue weighted by molar-refractivity contribution is 0.0695. The van der Waals surface area contributed by atoms with Gasteiger partial charge < -0.3 is 35.8 Å². The summed E-state index contributed by atoms with van der Waals surface area (Å²) < 4.78 is 31.0. The molecule has 0 amide bonds. The van der Waals surface area contributed by atoms with Crippen LogP contribution in [0.3, 0.4) is 0 Å². The summed E-state index contributed by atoms with van der Waals surface area (Å²) >= 11 is 6.72. The van der Waals surface area contributed by atoms with E-state index in [-0.39, 0.29) is 62.8 Å². The first-order valence-corrected chi connectivity index (χ1v) is 11.5. The summed E-state index contributed by atoms with van der Waals surface area (Å²) in [5, 5.41) is 31.6. The molecule has 4 rings (SSSR count). The van der Waals surface area contributed by atoms with Crippen molar-refractivity contribution in [2.45, 2.75) is 32.5 Å². The second kappa shape index (κ2) is 9.66. The number of halogens is 3. The maximum Gasteiger partial charge on any atom is 0.341 e. The molecule has 1 fully saturated rings. The van der Waals surface area contributed by atoms with Crippen LogP contribution in [0.4, 0.5) is 20.2 Å². The van der Waals surface area contributed by atoms with Gasteiger partial charge in [0.2, 0.25) is 5.43 Å². The fraction of sp³-hybridized carbons (Fsp3) is 0.333. The number of rotatable bonds is 7. The van der Waals surface area contributed by atoms with Crippen molar-refractivity contribution in [1.82, 2.24) is 9.88 Å². The Labute approximate surface area is 209 Å². The molecule has 0 saturated carbocycles. The molecule has 1 unspecified atom stereocenters. The summed E-state index contributed by atoms with van der Waals surface area (Å²) in [6.07, 6.45) is 1.01. The van der Waals surface area contributed by atoms with Gasteiger partial charge in [-0.3, -0.25) is 4.79 Å². The first kappa shape index (κ1) is 25.8. The molecule has 12 heteroatoms. The number of aryl methyl sites for hydroxylation is 1. The zero-order chi connectivity index (χ0) is 26.5. The van der Waals surface area contributed by atoms with Gasteiger partial charge in [-0.05, 0) is 26.0 Å². The Hall–Kier alpha value is -3.25. The maximum absolute atomic E-state index is 15.6. The van der Waals surface area contributed by atoms with Crippen LogP contribution in [0.15, 0.2) is 23.1 Å². The molecule has 0 spiro atoms. The largest absolute Gasteiger partial charge is 0.477 e. The molecule has 2 heterocycles. The van der Waals surface area contributed by atoms with Gasteiger partial charge in [0.25, 0.3) is 0 Å². The number of pyridine rings is 1. The standard InChI is InChI=1S/C24H25ClF2N4O5/c1-10(8-32)29-13-5-30(6-13)22-19(25)21-18(11(2)20(22)27)23(34)14(24(35)36)7-31(21)17-4-16(28)15(26)3-12(17)9-33/h3-4,7,10,13,29,32-33H,5-6,8-9,28H2,1-2H3,(H,35,36). The average molecular weight is 523 g/mol. The van der Waals surface area contributed by atoms with Gasteiger partial charge in [-0.25, -0.2) is 13.6 Å². The van der Waals surface area contributed by atoms with Crippen molar-refractivity contribution >= 4 is 39.8 Å². The van der Waals surface area contributed by atoms with Crippen LogP contribution in [0.25, 0.3) is 16.6 Å². The molecule has 0 radical (unpaired) electrons. The SMILES string of the molecule is Cc1c(F)c(N2CC(NC(C)CO)C2)c(Cl)c2c1c(=O)c(C(=O)O)cn2-c1cc(N)c(F)cc1CO. The summed E-state index contributed by atoms with van der Waals surface area (Å²) in [5.74, 6) is -3.11. The highest BCUT2D eigenvalue weighted by Gasteiger charge is 2.34. The van der Waals surface area contributed by atoms with Gasteiger partial charge in [0.05, 0.1) is 46.2 Å². The normalized spacial score (nSPS) is 14.8. The Morgan fingerprint density at radius 1 is 1.31 bits per heavy atom. The van der Waals surface area contributed by atoms with Crippen LogP contribution in [0.1, 0.15) is 28.4 Å². The van der Waals surface area contributed by atoms with E-state index in [9.17, 15) is 29.3 Å². The van der Waals surface area contributed by atoms with Gasteiger partial charge in [0.15, 0.2) is 5.82 Å². The fourth-order valence-electron chi connectivity index (χ4n) is 4.49. The number of benzene rings is 2. The molecule has 1 aliphatic rings. The average Bonchev–Trinajstić information content (AvgIpc) is 2.81. The molecule has 0 aliphatic carbocycles. The van der Waals surface area contributed by atoms with Gasteiger partial charge >= 0.3 is 5.97 Å². The smallest absolute Gasteiger partial charge is 0.341 e. The zero-order valence-electron chi connectivity index (χ0n) is 19.5. The number of aromatic carboxylic acids is 1. The number of hydrogen-bond acceptors (Lipinski definition) is 7. The van der Waals surface area contributed by atoms with Gasteiger partial charge in [0, 0.05) is 42.5 Å². The van der Waals surface area contributed by atoms with E-state index in [1.54, 1.807) is 4.90 Å². The quantitative estimate of drug-likeness (QED) is 0.297. The zero-order valence-corrected chi connectivity index (χ0v) is 20.2. The fourth-order valence-corrected chi connectivity index (χ4v) is 4.87. The third-order valence-corrected chi connectivity index (χ3v) is 6.74. The number of carbonyl (C=O) groups is 1. The van der Waals surface area contributed by atoms with E-state index >= 15 is 4.39 Å². The lowest BCUT2D eigenvalue weighted by atomic mass is 10.00. The van der Waals surface area contributed by atoms with Gasteiger partial charge in [-0.2, -0.15) is 0 Å². The number of carboxylic acid groups (broad SMARTS) is 1. The Kier molecular flexibility index (Phi) is 6.93. The predicted molar refractivity (Wildman–Crippen MR) is 132 cm³/mol. The van der Waals surface area contributed by atoms with E-state index in [0.717, 1.165) is 12.3 Å². The number of nitrogens with one attached hydrogen (secondary N) is 1. The van der Waals surface area contributed by atoms with Crippen molar-refractivity contribution in [1.29, 1.82) is 0 Å². The van der Waals surface area contributed by atoms with Crippen LogP contribution < -0.4 is 21.4 Å². The Morgan fingerprint density at radius 2 is 1.97 bits per heavy atom. The van der Waals surface area contributed by atoms with Crippen molar-refractivity contribution in [3.05, 3.63) is 61.9 Å². The molecule has 6 N–H and O–H groups in total. The van der Waals surface area contributed by atoms with Gasteiger partial charge in [-0.1, -0.05) is 11.6 Å². The van der Waals surface area contributed by atoms with E-state index in [1.165, 1.54) is 17.6 Å². The van der Waals surface area contributed by atoms with Crippen LogP contribution >= 0.6 is 11.6 Å². The molecule has 192 valence electrons. The molecular formula is C24H25ClF2N4O5. The van der Waals surface area contributed by atoms with E-state index in [1.807, 2.05) is 6.92 Å². The Morgan fingerprint density at radius 3 is 2.56 bits per heavy atom. The van der Waals surface area contributed by atoms with Crippen LogP contribution in [0.5, 0.6) is 0 Å². The number of hydrogen-bond donors (Lipinski definition) is 5. The van der Waals surface area contributed by atoms with Crippen molar-refractivity contribution in [3.8, 4) is 5.69 Å². The number of nitrogens with two attached hydrogens (primary N) is 1. The second-order valence-corrected chi connectivity index (χ2v) is 9.26. The summed E-state index contributed by atoms with van der Waals surface area (Å²) in [4.78, 5) is 26.7. The first-order valence-electron chi connectivity index (χ1n) is 11.1. The third-order valence-electron chi connectivity index (χ3n) is 6.39. The minimum absolute atomic E-state index is 0.00131. The maximum atomic E-state index is 15.6. The number of aliphatic hydroxyl groups excluding tert-OH is 2. The number of nitrogens with zero attached hydrogens (tertiary/aromatic N) is 2. The van der Waals surface area contributed by atoms with E-state index in [2.05, 4.69) is 5.32 Å². The molecule has 2 aromatic carbocycles. The summed E-state index contributed by atoms with van der Waals surface area (Å²) in [7, 11) is 0. The third kappa shape index (κ3) is 4.17. The Bertz CT molecular complexity index is 1440. The molecular weight excluding hydrogens is 498 g/mol. The topological polar surface area (TPSA) is 141 Å². The van der Waals surface area contributed by atoms with Crippen molar-refractivity contribution in [2.24, 2.45) is 0 Å². The molecule has 1 saturated heterocycles. The van der Waals surface area contributed by atoms with Crippen LogP contribution in [0, 0.1) is 18.6 Å². The van der Waals surface area contributed by atoms with Crippen LogP contribution in [0.2, 0.25) is 5.02 Å². The monoisotopic (exact) mass is 522 g/mol. The van der Waals surface area contributed by atoms with Crippen LogP contribution in [-0.4, -0.2) is 57.6 Å². The molecule has 1 atom stereocenters. The molecule has 9 nitrogen and oxygen atoms in total. The molecule has 3 aromatic rings. The van der Waals surface area contributed by atoms with Crippen LogP contribution in [-0.2, 0) is 6.61 Å². The van der Waals surface area contributed by atoms with Crippen molar-refractivity contribution in [3.63, 3.8) is 0 Å². The van der Waals surface area contributed by atoms with Crippen molar-refractivity contribution in [2.75, 3.05) is 30.3 Å². The minimum Gasteiger partial charge on any atom is -0.477 e. The number of aromatic nitrogens is 1. The number of fused-ring (bicyclic) bond motifs is 1. The molecule has 1 aromatic heterocycles. The number of aliphatic hydroxyl groups is 2. The minimum atomic E-state index is -1.55. The highest BCUT2D eigenvalue weighted by atomic mass is 35.5. The van der Waals surface area contributed by atoms with Gasteiger partial charge in [-0.15, -0.1) is 0 Å². The first-order chi connectivity index (χ1) is 17.0. The number of nitrogen functional groups attached to an aromatic ring is 1.